The third-order valence-electron chi connectivity index (χ3n) is 6.03. The van der Waals surface area contributed by atoms with Crippen molar-refractivity contribution in [3.63, 3.8) is 0 Å². The molecule has 162 valence electrons. The number of hydrogen-bond acceptors (Lipinski definition) is 5. The molecule has 4 heterocycles. The Morgan fingerprint density at radius 1 is 1.16 bits per heavy atom. The fraction of sp³-hybridized carbons (Fsp3) is 0.409. The molecule has 1 N–H and O–H groups in total. The number of carbonyl (C=O) groups excluding carboxylic acids is 2. The van der Waals surface area contributed by atoms with Crippen molar-refractivity contribution in [2.24, 2.45) is 0 Å². The van der Waals surface area contributed by atoms with E-state index in [0.717, 1.165) is 12.0 Å². The number of fused-ring (bicyclic) bond motifs is 1. The lowest BCUT2D eigenvalue weighted by Gasteiger charge is -2.46. The van der Waals surface area contributed by atoms with E-state index in [9.17, 15) is 9.59 Å². The molecule has 3 aliphatic heterocycles. The molecule has 2 aromatic rings. The van der Waals surface area contributed by atoms with Gasteiger partial charge < -0.3 is 24.6 Å². The minimum Gasteiger partial charge on any atom is -0.437 e. The second-order valence-corrected chi connectivity index (χ2v) is 8.51. The Bertz CT molecular complexity index is 980. The number of nitrogens with one attached hydrogen (secondary N) is 1. The van der Waals surface area contributed by atoms with Crippen LogP contribution in [0.5, 0.6) is 11.6 Å². The van der Waals surface area contributed by atoms with Crippen LogP contribution >= 0.6 is 11.6 Å². The van der Waals surface area contributed by atoms with Gasteiger partial charge in [-0.3, -0.25) is 4.79 Å². The van der Waals surface area contributed by atoms with Crippen molar-refractivity contribution in [3.05, 3.63) is 53.2 Å². The first-order valence-electron chi connectivity index (χ1n) is 10.4. The van der Waals surface area contributed by atoms with Gasteiger partial charge in [0.25, 0.3) is 0 Å². The number of benzene rings is 1. The van der Waals surface area contributed by atoms with Crippen LogP contribution in [-0.4, -0.2) is 71.7 Å². The van der Waals surface area contributed by atoms with Crippen molar-refractivity contribution in [1.29, 1.82) is 0 Å². The molecule has 9 heteroatoms. The molecule has 8 nitrogen and oxygen atoms in total. The zero-order valence-corrected chi connectivity index (χ0v) is 17.6. The van der Waals surface area contributed by atoms with Crippen molar-refractivity contribution in [2.75, 3.05) is 32.8 Å². The second kappa shape index (κ2) is 8.36. The van der Waals surface area contributed by atoms with Gasteiger partial charge in [-0.15, -0.1) is 0 Å². The number of hydrogen-bond donors (Lipinski definition) is 1. The molecule has 5 rings (SSSR count). The quantitative estimate of drug-likeness (QED) is 0.790. The topological polar surface area (TPSA) is 84.0 Å². The van der Waals surface area contributed by atoms with Crippen LogP contribution in [0.2, 0.25) is 5.02 Å². The fourth-order valence-corrected chi connectivity index (χ4v) is 4.43. The van der Waals surface area contributed by atoms with Gasteiger partial charge in [0.15, 0.2) is 0 Å². The number of para-hydroxylation sites is 1. The number of pyridine rings is 1. The average molecular weight is 443 g/mol. The van der Waals surface area contributed by atoms with Crippen LogP contribution in [-0.2, 0) is 9.53 Å². The van der Waals surface area contributed by atoms with Gasteiger partial charge in [0.2, 0.25) is 11.8 Å². The summed E-state index contributed by atoms with van der Waals surface area (Å²) in [5.74, 6) is 1.17. The van der Waals surface area contributed by atoms with Crippen LogP contribution < -0.4 is 10.1 Å². The number of likely N-dealkylation sites (tertiary alicyclic amines) is 2. The highest BCUT2D eigenvalue weighted by Crippen LogP contribution is 2.31. The van der Waals surface area contributed by atoms with Crippen molar-refractivity contribution in [2.45, 2.75) is 24.5 Å². The minimum atomic E-state index is -0.120. The fourth-order valence-electron chi connectivity index (χ4n) is 4.25. The van der Waals surface area contributed by atoms with Crippen LogP contribution in [0.4, 0.5) is 4.79 Å². The highest BCUT2D eigenvalue weighted by Gasteiger charge is 2.40. The maximum atomic E-state index is 12.9. The third kappa shape index (κ3) is 4.18. The number of amides is 3. The predicted molar refractivity (Wildman–Crippen MR) is 113 cm³/mol. The Kier molecular flexibility index (Phi) is 5.41. The van der Waals surface area contributed by atoms with E-state index in [-0.39, 0.29) is 36.6 Å². The third-order valence-corrected chi connectivity index (χ3v) is 6.34. The van der Waals surface area contributed by atoms with E-state index in [0.29, 0.717) is 42.8 Å². The number of aromatic nitrogens is 1. The molecule has 3 saturated heterocycles. The van der Waals surface area contributed by atoms with Gasteiger partial charge >= 0.3 is 6.03 Å². The zero-order chi connectivity index (χ0) is 21.4. The number of carbonyl (C=O) groups is 2. The molecule has 0 spiro atoms. The van der Waals surface area contributed by atoms with Gasteiger partial charge in [-0.25, -0.2) is 9.78 Å². The Morgan fingerprint density at radius 2 is 2.00 bits per heavy atom. The molecule has 0 aliphatic carbocycles. The van der Waals surface area contributed by atoms with Crippen LogP contribution in [0.3, 0.4) is 0 Å². The molecule has 3 aliphatic rings. The minimum absolute atomic E-state index is 0.00321. The van der Waals surface area contributed by atoms with Crippen LogP contribution in [0.15, 0.2) is 42.6 Å². The maximum absolute atomic E-state index is 12.9. The Labute approximate surface area is 185 Å². The summed E-state index contributed by atoms with van der Waals surface area (Å²) in [5, 5.41) is 3.47. The molecule has 0 saturated carbocycles. The van der Waals surface area contributed by atoms with Gasteiger partial charge in [-0.05, 0) is 24.1 Å². The summed E-state index contributed by atoms with van der Waals surface area (Å²) in [4.78, 5) is 32.4. The average Bonchev–Trinajstić information content (AvgIpc) is 2.75. The highest BCUT2D eigenvalue weighted by atomic mass is 35.5. The van der Waals surface area contributed by atoms with Crippen molar-refractivity contribution in [1.82, 2.24) is 20.1 Å². The first-order chi connectivity index (χ1) is 15.1. The van der Waals surface area contributed by atoms with E-state index >= 15 is 0 Å². The SMILES string of the molecule is O=C1CO[C@H]2CCN(C(=O)N3CC(c4ccc(Oc5ccccc5Cl)nc4)C3)C[C@@H]2N1. The highest BCUT2D eigenvalue weighted by molar-refractivity contribution is 6.32. The van der Waals surface area contributed by atoms with Gasteiger partial charge in [-0.1, -0.05) is 29.8 Å². The molecule has 0 radical (unpaired) electrons. The van der Waals surface area contributed by atoms with E-state index in [2.05, 4.69) is 10.3 Å². The van der Waals surface area contributed by atoms with Gasteiger partial charge in [0.1, 0.15) is 12.4 Å². The van der Waals surface area contributed by atoms with Gasteiger partial charge in [0, 0.05) is 44.4 Å². The van der Waals surface area contributed by atoms with Crippen molar-refractivity contribution >= 4 is 23.5 Å². The van der Waals surface area contributed by atoms with Crippen LogP contribution in [0, 0.1) is 0 Å². The number of halogens is 1. The van der Waals surface area contributed by atoms with E-state index < -0.39 is 0 Å². The summed E-state index contributed by atoms with van der Waals surface area (Å²) in [6.45, 7) is 2.55. The molecular weight excluding hydrogens is 420 g/mol. The number of rotatable bonds is 3. The standard InChI is InChI=1S/C22H23ClN4O4/c23-16-3-1-2-4-18(16)31-21-6-5-14(9-24-21)15-10-27(11-15)22(29)26-8-7-19-17(12-26)25-20(28)13-30-19/h1-6,9,15,17,19H,7-8,10-13H2,(H,25,28)/t17-,19-/m0/s1. The van der Waals surface area contributed by atoms with Crippen molar-refractivity contribution in [3.8, 4) is 11.6 Å². The maximum Gasteiger partial charge on any atom is 0.320 e. The van der Waals surface area contributed by atoms with E-state index in [4.69, 9.17) is 21.1 Å². The lowest BCUT2D eigenvalue weighted by Crippen LogP contribution is -2.63. The Hall–Kier alpha value is -2.84. The lowest BCUT2D eigenvalue weighted by molar-refractivity contribution is -0.139. The lowest BCUT2D eigenvalue weighted by atomic mass is 9.93. The van der Waals surface area contributed by atoms with Crippen LogP contribution in [0.25, 0.3) is 0 Å². The summed E-state index contributed by atoms with van der Waals surface area (Å²) in [6, 6.07) is 11.0. The molecule has 3 amide bonds. The largest absolute Gasteiger partial charge is 0.437 e. The summed E-state index contributed by atoms with van der Waals surface area (Å²) < 4.78 is 11.3. The monoisotopic (exact) mass is 442 g/mol. The second-order valence-electron chi connectivity index (χ2n) is 8.10. The molecule has 31 heavy (non-hydrogen) atoms. The molecule has 0 bridgehead atoms. The number of ether oxygens (including phenoxy) is 2. The molecule has 2 atom stereocenters. The first kappa shape index (κ1) is 20.1. The van der Waals surface area contributed by atoms with E-state index in [1.54, 1.807) is 18.3 Å². The molecule has 3 fully saturated rings. The van der Waals surface area contributed by atoms with Crippen LogP contribution in [0.1, 0.15) is 17.9 Å². The molecular formula is C22H23ClN4O4. The number of urea groups is 1. The molecule has 1 aromatic carbocycles. The number of nitrogens with zero attached hydrogens (tertiary/aromatic N) is 3. The van der Waals surface area contributed by atoms with Gasteiger partial charge in [0.05, 0.1) is 17.2 Å². The smallest absolute Gasteiger partial charge is 0.320 e. The van der Waals surface area contributed by atoms with E-state index in [1.807, 2.05) is 34.1 Å². The summed E-state index contributed by atoms with van der Waals surface area (Å²) in [6.07, 6.45) is 2.53. The number of piperidine rings is 1. The predicted octanol–water partition coefficient (Wildman–Crippen LogP) is 2.64. The molecule has 1 aromatic heterocycles. The van der Waals surface area contributed by atoms with Crippen molar-refractivity contribution < 1.29 is 19.1 Å². The summed E-state index contributed by atoms with van der Waals surface area (Å²) in [7, 11) is 0. The summed E-state index contributed by atoms with van der Waals surface area (Å²) >= 11 is 6.12. The molecule has 0 unspecified atom stereocenters. The first-order valence-corrected chi connectivity index (χ1v) is 10.8. The summed E-state index contributed by atoms with van der Waals surface area (Å²) in [5.41, 5.74) is 1.07. The zero-order valence-electron chi connectivity index (χ0n) is 16.9. The van der Waals surface area contributed by atoms with Gasteiger partial charge in [-0.2, -0.15) is 0 Å². The Morgan fingerprint density at radius 3 is 2.77 bits per heavy atom. The number of morpholine rings is 1. The normalized spacial score (nSPS) is 23.6. The Balaban J connectivity index is 1.14. The van der Waals surface area contributed by atoms with E-state index in [1.165, 1.54) is 0 Å².